The monoisotopic (exact) mass is 471 g/mol. The molecule has 1 aliphatic rings. The zero-order chi connectivity index (χ0) is 24.0. The predicted octanol–water partition coefficient (Wildman–Crippen LogP) is 4.68. The van der Waals surface area contributed by atoms with E-state index in [1.165, 1.54) is 6.07 Å². The number of nitrogens with one attached hydrogen (secondary N) is 2. The van der Waals surface area contributed by atoms with Gasteiger partial charge in [-0.05, 0) is 80.7 Å². The van der Waals surface area contributed by atoms with Crippen LogP contribution in [0.15, 0.2) is 47.4 Å². The lowest BCUT2D eigenvalue weighted by atomic mass is 9.87. The summed E-state index contributed by atoms with van der Waals surface area (Å²) in [6.07, 6.45) is 4.45. The van der Waals surface area contributed by atoms with E-state index >= 15 is 0 Å². The highest BCUT2D eigenvalue weighted by molar-refractivity contribution is 7.92. The van der Waals surface area contributed by atoms with Crippen LogP contribution < -0.4 is 10.0 Å². The van der Waals surface area contributed by atoms with Gasteiger partial charge in [0, 0.05) is 6.54 Å². The molecule has 3 N–H and O–H groups in total. The topological polar surface area (TPSA) is 98.7 Å². The number of nitrogens with zero attached hydrogens (tertiary/aromatic N) is 1. The second kappa shape index (κ2) is 10.9. The number of carboxylic acid groups (broad SMARTS) is 1. The molecule has 3 rings (SSSR count). The first-order valence-electron chi connectivity index (χ1n) is 11.4. The molecule has 0 radical (unpaired) electrons. The van der Waals surface area contributed by atoms with E-state index in [1.807, 2.05) is 19.1 Å². The molecule has 178 valence electrons. The number of carbonyl (C=O) groups is 1. The molecule has 8 heteroatoms. The van der Waals surface area contributed by atoms with Gasteiger partial charge in [-0.15, -0.1) is 0 Å². The Morgan fingerprint density at radius 3 is 2.52 bits per heavy atom. The van der Waals surface area contributed by atoms with Gasteiger partial charge in [0.1, 0.15) is 4.90 Å². The molecular formula is C25H33N3O4S. The van der Waals surface area contributed by atoms with Crippen molar-refractivity contribution in [3.05, 3.63) is 59.2 Å². The van der Waals surface area contributed by atoms with Crippen molar-refractivity contribution in [1.29, 1.82) is 0 Å². The van der Waals surface area contributed by atoms with Crippen molar-refractivity contribution >= 4 is 32.9 Å². The van der Waals surface area contributed by atoms with Crippen LogP contribution in [0.2, 0.25) is 0 Å². The third-order valence-electron chi connectivity index (χ3n) is 6.05. The SMILES string of the molecule is CCN(CC)CCCNc1ccccc1S(=O)(=O)Nc1ccc2c(c1C(=O)O)C(C)=CCC2. The Morgan fingerprint density at radius 2 is 1.82 bits per heavy atom. The van der Waals surface area contributed by atoms with Crippen LogP contribution >= 0.6 is 0 Å². The number of para-hydroxylation sites is 1. The summed E-state index contributed by atoms with van der Waals surface area (Å²) in [5, 5.41) is 13.1. The first kappa shape index (κ1) is 24.8. The van der Waals surface area contributed by atoms with E-state index in [4.69, 9.17) is 0 Å². The van der Waals surface area contributed by atoms with Crippen LogP contribution in [0.25, 0.3) is 5.57 Å². The van der Waals surface area contributed by atoms with E-state index in [0.717, 1.165) is 50.0 Å². The first-order valence-corrected chi connectivity index (χ1v) is 12.9. The summed E-state index contributed by atoms with van der Waals surface area (Å²) in [5.41, 5.74) is 2.95. The number of carboxylic acids is 1. The molecule has 0 saturated heterocycles. The fourth-order valence-electron chi connectivity index (χ4n) is 4.27. The Labute approximate surface area is 196 Å². The number of benzene rings is 2. The quantitative estimate of drug-likeness (QED) is 0.412. The molecule has 0 spiro atoms. The number of allylic oxidation sites excluding steroid dienone is 2. The molecule has 2 aromatic carbocycles. The van der Waals surface area contributed by atoms with E-state index in [0.29, 0.717) is 17.8 Å². The van der Waals surface area contributed by atoms with Crippen LogP contribution in [0.1, 0.15) is 55.1 Å². The molecule has 0 saturated carbocycles. The van der Waals surface area contributed by atoms with E-state index in [2.05, 4.69) is 28.8 Å². The van der Waals surface area contributed by atoms with Crippen molar-refractivity contribution in [2.45, 2.75) is 44.9 Å². The molecule has 0 unspecified atom stereocenters. The van der Waals surface area contributed by atoms with Crippen LogP contribution in [0.4, 0.5) is 11.4 Å². The highest BCUT2D eigenvalue weighted by Crippen LogP contribution is 2.35. The maximum absolute atomic E-state index is 13.3. The fraction of sp³-hybridized carbons (Fsp3) is 0.400. The van der Waals surface area contributed by atoms with Gasteiger partial charge in [0.05, 0.1) is 16.9 Å². The standard InChI is InChI=1S/C25H33N3O4S/c1-4-28(5-2)17-9-16-26-20-12-6-7-13-22(20)33(31,32)27-21-15-14-19-11-8-10-18(3)23(19)24(21)25(29)30/h6-7,10,12-15,26-27H,4-5,8-9,11,16-17H2,1-3H3,(H,29,30). The van der Waals surface area contributed by atoms with Crippen molar-refractivity contribution in [3.63, 3.8) is 0 Å². The lowest BCUT2D eigenvalue weighted by Gasteiger charge is -2.21. The Bertz CT molecular complexity index is 1140. The molecule has 0 amide bonds. The molecule has 33 heavy (non-hydrogen) atoms. The molecule has 0 bridgehead atoms. The zero-order valence-corrected chi connectivity index (χ0v) is 20.3. The number of sulfonamides is 1. The Balaban J connectivity index is 1.86. The summed E-state index contributed by atoms with van der Waals surface area (Å²) in [6, 6.07) is 10.1. The normalized spacial score (nSPS) is 13.4. The zero-order valence-electron chi connectivity index (χ0n) is 19.5. The van der Waals surface area contributed by atoms with E-state index in [-0.39, 0.29) is 16.1 Å². The van der Waals surface area contributed by atoms with E-state index < -0.39 is 16.0 Å². The number of anilines is 2. The van der Waals surface area contributed by atoms with Crippen LogP contribution in [0.3, 0.4) is 0 Å². The lowest BCUT2D eigenvalue weighted by Crippen LogP contribution is -2.25. The largest absolute Gasteiger partial charge is 0.478 e. The number of rotatable bonds is 11. The van der Waals surface area contributed by atoms with Crippen molar-refractivity contribution in [2.24, 2.45) is 0 Å². The predicted molar refractivity (Wildman–Crippen MR) is 134 cm³/mol. The summed E-state index contributed by atoms with van der Waals surface area (Å²) < 4.78 is 29.2. The molecule has 2 aromatic rings. The van der Waals surface area contributed by atoms with Gasteiger partial charge in [0.2, 0.25) is 0 Å². The fourth-order valence-corrected chi connectivity index (χ4v) is 5.53. The number of aromatic carboxylic acids is 1. The Kier molecular flexibility index (Phi) is 8.15. The molecule has 0 aliphatic heterocycles. The maximum Gasteiger partial charge on any atom is 0.338 e. The summed E-state index contributed by atoms with van der Waals surface area (Å²) in [6.45, 7) is 9.62. The molecule has 0 heterocycles. The van der Waals surface area contributed by atoms with E-state index in [9.17, 15) is 18.3 Å². The molecule has 0 aromatic heterocycles. The Hall–Kier alpha value is -2.84. The van der Waals surface area contributed by atoms with Crippen LogP contribution in [-0.4, -0.2) is 50.6 Å². The summed E-state index contributed by atoms with van der Waals surface area (Å²) >= 11 is 0. The van der Waals surface area contributed by atoms with Gasteiger partial charge in [0.25, 0.3) is 10.0 Å². The number of fused-ring (bicyclic) bond motifs is 1. The highest BCUT2D eigenvalue weighted by Gasteiger charge is 2.26. The summed E-state index contributed by atoms with van der Waals surface area (Å²) in [7, 11) is -4.01. The molecular weight excluding hydrogens is 438 g/mol. The summed E-state index contributed by atoms with van der Waals surface area (Å²) in [5.74, 6) is -1.15. The third kappa shape index (κ3) is 5.75. The maximum atomic E-state index is 13.3. The first-order chi connectivity index (χ1) is 15.8. The average molecular weight is 472 g/mol. The molecule has 7 nitrogen and oxygen atoms in total. The van der Waals surface area contributed by atoms with Gasteiger partial charge in [-0.25, -0.2) is 13.2 Å². The van der Waals surface area contributed by atoms with Crippen molar-refractivity contribution in [2.75, 3.05) is 36.2 Å². The van der Waals surface area contributed by atoms with Crippen LogP contribution in [-0.2, 0) is 16.4 Å². The number of hydrogen-bond donors (Lipinski definition) is 3. The van der Waals surface area contributed by atoms with Crippen molar-refractivity contribution < 1.29 is 18.3 Å². The van der Waals surface area contributed by atoms with Gasteiger partial charge < -0.3 is 15.3 Å². The highest BCUT2D eigenvalue weighted by atomic mass is 32.2. The minimum Gasteiger partial charge on any atom is -0.478 e. The third-order valence-corrected chi connectivity index (χ3v) is 7.47. The number of hydrogen-bond acceptors (Lipinski definition) is 5. The van der Waals surface area contributed by atoms with Gasteiger partial charge in [-0.3, -0.25) is 4.72 Å². The van der Waals surface area contributed by atoms with Crippen molar-refractivity contribution in [1.82, 2.24) is 4.90 Å². The van der Waals surface area contributed by atoms with Gasteiger partial charge in [-0.1, -0.05) is 38.1 Å². The Morgan fingerprint density at radius 1 is 1.09 bits per heavy atom. The van der Waals surface area contributed by atoms with E-state index in [1.54, 1.807) is 24.3 Å². The van der Waals surface area contributed by atoms with Gasteiger partial charge in [0.15, 0.2) is 0 Å². The van der Waals surface area contributed by atoms with Crippen LogP contribution in [0, 0.1) is 0 Å². The second-order valence-electron chi connectivity index (χ2n) is 8.16. The number of aryl methyl sites for hydroxylation is 1. The van der Waals surface area contributed by atoms with Gasteiger partial charge in [-0.2, -0.15) is 0 Å². The molecule has 1 aliphatic carbocycles. The smallest absolute Gasteiger partial charge is 0.338 e. The molecule has 0 atom stereocenters. The minimum absolute atomic E-state index is 0.00538. The van der Waals surface area contributed by atoms with Crippen molar-refractivity contribution in [3.8, 4) is 0 Å². The lowest BCUT2D eigenvalue weighted by molar-refractivity contribution is 0.0697. The van der Waals surface area contributed by atoms with Crippen LogP contribution in [0.5, 0.6) is 0 Å². The van der Waals surface area contributed by atoms with Gasteiger partial charge >= 0.3 is 5.97 Å². The molecule has 0 fully saturated rings. The average Bonchev–Trinajstić information content (AvgIpc) is 2.79. The minimum atomic E-state index is -4.01. The second-order valence-corrected chi connectivity index (χ2v) is 9.81. The summed E-state index contributed by atoms with van der Waals surface area (Å²) in [4.78, 5) is 14.5.